The number of thiazole rings is 1. The first-order valence-corrected chi connectivity index (χ1v) is 9.57. The number of carbonyl (C=O) groups is 3. The molecule has 136 valence electrons. The lowest BCUT2D eigenvalue weighted by Gasteiger charge is -2.33. The van der Waals surface area contributed by atoms with E-state index < -0.39 is 5.97 Å². The lowest BCUT2D eigenvalue weighted by atomic mass is 9.87. The third kappa shape index (κ3) is 4.18. The summed E-state index contributed by atoms with van der Waals surface area (Å²) < 4.78 is 0. The van der Waals surface area contributed by atoms with Crippen molar-refractivity contribution >= 4 is 29.1 Å². The SMILES string of the molecule is CC1CCC(N2C[C@@H](C(=O)NCc3nc(C(=O)O)cs3)CC2=O)CC1. The minimum absolute atomic E-state index is 0.0111. The van der Waals surface area contributed by atoms with Gasteiger partial charge >= 0.3 is 5.97 Å². The van der Waals surface area contributed by atoms with Crippen LogP contribution in [0.2, 0.25) is 0 Å². The van der Waals surface area contributed by atoms with Gasteiger partial charge in [-0.25, -0.2) is 9.78 Å². The lowest BCUT2D eigenvalue weighted by Crippen LogP contribution is -2.40. The molecule has 0 aromatic carbocycles. The number of carboxylic acid groups (broad SMARTS) is 1. The standard InChI is InChI=1S/C17H23N3O4S/c1-10-2-4-12(5-3-10)20-8-11(6-15(20)21)16(22)18-7-14-19-13(9-25-14)17(23)24/h9-12H,2-8H2,1H3,(H,18,22)(H,23,24)/t10?,11-,12?/m0/s1. The summed E-state index contributed by atoms with van der Waals surface area (Å²) in [6.45, 7) is 2.93. The van der Waals surface area contributed by atoms with Gasteiger partial charge in [0.15, 0.2) is 5.69 Å². The largest absolute Gasteiger partial charge is 0.476 e. The Kier molecular flexibility index (Phi) is 5.36. The van der Waals surface area contributed by atoms with Crippen molar-refractivity contribution in [3.8, 4) is 0 Å². The minimum atomic E-state index is -1.08. The van der Waals surface area contributed by atoms with Crippen LogP contribution in [-0.4, -0.2) is 45.4 Å². The third-order valence-electron chi connectivity index (χ3n) is 5.14. The van der Waals surface area contributed by atoms with Gasteiger partial charge in [0.25, 0.3) is 0 Å². The normalized spacial score (nSPS) is 26.7. The van der Waals surface area contributed by atoms with E-state index in [1.54, 1.807) is 0 Å². The summed E-state index contributed by atoms with van der Waals surface area (Å²) in [6, 6.07) is 0.276. The Balaban J connectivity index is 1.51. The molecule has 3 rings (SSSR count). The Morgan fingerprint density at radius 2 is 2.08 bits per heavy atom. The van der Waals surface area contributed by atoms with Crippen molar-refractivity contribution in [2.24, 2.45) is 11.8 Å². The van der Waals surface area contributed by atoms with Crippen molar-refractivity contribution in [2.75, 3.05) is 6.54 Å². The third-order valence-corrected chi connectivity index (χ3v) is 5.99. The van der Waals surface area contributed by atoms with Gasteiger partial charge < -0.3 is 15.3 Å². The number of nitrogens with one attached hydrogen (secondary N) is 1. The predicted octanol–water partition coefficient (Wildman–Crippen LogP) is 1.88. The van der Waals surface area contributed by atoms with Crippen LogP contribution in [0.15, 0.2) is 5.38 Å². The van der Waals surface area contributed by atoms with E-state index >= 15 is 0 Å². The molecule has 25 heavy (non-hydrogen) atoms. The maximum atomic E-state index is 12.4. The molecule has 2 N–H and O–H groups in total. The predicted molar refractivity (Wildman–Crippen MR) is 92.2 cm³/mol. The highest BCUT2D eigenvalue weighted by molar-refractivity contribution is 7.09. The van der Waals surface area contributed by atoms with E-state index in [-0.39, 0.29) is 42.4 Å². The molecule has 2 heterocycles. The summed E-state index contributed by atoms with van der Waals surface area (Å²) >= 11 is 1.20. The van der Waals surface area contributed by atoms with Gasteiger partial charge in [-0.1, -0.05) is 6.92 Å². The highest BCUT2D eigenvalue weighted by Crippen LogP contribution is 2.31. The Morgan fingerprint density at radius 1 is 1.36 bits per heavy atom. The number of hydrogen-bond donors (Lipinski definition) is 2. The molecular weight excluding hydrogens is 342 g/mol. The van der Waals surface area contributed by atoms with Gasteiger partial charge in [0.2, 0.25) is 11.8 Å². The molecular formula is C17H23N3O4S. The molecule has 1 aromatic heterocycles. The number of rotatable bonds is 5. The topological polar surface area (TPSA) is 99.6 Å². The quantitative estimate of drug-likeness (QED) is 0.830. The van der Waals surface area contributed by atoms with Crippen molar-refractivity contribution in [3.63, 3.8) is 0 Å². The number of nitrogens with zero attached hydrogens (tertiary/aromatic N) is 2. The van der Waals surface area contributed by atoms with E-state index in [4.69, 9.17) is 5.11 Å². The van der Waals surface area contributed by atoms with Gasteiger partial charge in [-0.15, -0.1) is 11.3 Å². The average Bonchev–Trinajstić information content (AvgIpc) is 3.20. The molecule has 1 atom stereocenters. The fourth-order valence-corrected chi connectivity index (χ4v) is 4.32. The van der Waals surface area contributed by atoms with Crippen LogP contribution in [0.3, 0.4) is 0 Å². The van der Waals surface area contributed by atoms with Gasteiger partial charge in [-0.3, -0.25) is 9.59 Å². The number of likely N-dealkylation sites (tertiary alicyclic amines) is 1. The zero-order valence-electron chi connectivity index (χ0n) is 14.2. The molecule has 0 spiro atoms. The zero-order valence-corrected chi connectivity index (χ0v) is 15.1. The molecule has 1 aliphatic carbocycles. The molecule has 1 saturated carbocycles. The van der Waals surface area contributed by atoms with E-state index in [9.17, 15) is 14.4 Å². The maximum absolute atomic E-state index is 12.4. The van der Waals surface area contributed by atoms with Gasteiger partial charge in [0.05, 0.1) is 12.5 Å². The molecule has 0 bridgehead atoms. The Bertz CT molecular complexity index is 667. The van der Waals surface area contributed by atoms with Gasteiger partial charge in [-0.2, -0.15) is 0 Å². The first-order chi connectivity index (χ1) is 11.9. The van der Waals surface area contributed by atoms with Gasteiger partial charge in [-0.05, 0) is 31.6 Å². The molecule has 1 aliphatic heterocycles. The van der Waals surface area contributed by atoms with Crippen LogP contribution < -0.4 is 5.32 Å². The van der Waals surface area contributed by atoms with Crippen LogP contribution >= 0.6 is 11.3 Å². The van der Waals surface area contributed by atoms with Crippen LogP contribution in [0.5, 0.6) is 0 Å². The second-order valence-electron chi connectivity index (χ2n) is 7.01. The Morgan fingerprint density at radius 3 is 2.72 bits per heavy atom. The molecule has 0 unspecified atom stereocenters. The van der Waals surface area contributed by atoms with E-state index in [1.807, 2.05) is 4.90 Å². The van der Waals surface area contributed by atoms with E-state index in [2.05, 4.69) is 17.2 Å². The van der Waals surface area contributed by atoms with E-state index in [0.29, 0.717) is 11.6 Å². The molecule has 7 nitrogen and oxygen atoms in total. The summed E-state index contributed by atoms with van der Waals surface area (Å²) in [5.74, 6) is -0.769. The van der Waals surface area contributed by atoms with Crippen molar-refractivity contribution < 1.29 is 19.5 Å². The average molecular weight is 365 g/mol. The lowest BCUT2D eigenvalue weighted by molar-refractivity contribution is -0.131. The summed E-state index contributed by atoms with van der Waals surface area (Å²) in [6.07, 6.45) is 4.59. The number of hydrogen-bond acceptors (Lipinski definition) is 5. The molecule has 2 amide bonds. The monoisotopic (exact) mass is 365 g/mol. The minimum Gasteiger partial charge on any atom is -0.476 e. The smallest absolute Gasteiger partial charge is 0.355 e. The van der Waals surface area contributed by atoms with E-state index in [0.717, 1.165) is 31.6 Å². The number of aromatic carboxylic acids is 1. The number of amides is 2. The zero-order chi connectivity index (χ0) is 18.0. The molecule has 2 aliphatic rings. The van der Waals surface area contributed by atoms with Crippen molar-refractivity contribution in [1.29, 1.82) is 0 Å². The maximum Gasteiger partial charge on any atom is 0.355 e. The summed E-state index contributed by atoms with van der Waals surface area (Å²) in [4.78, 5) is 41.3. The highest BCUT2D eigenvalue weighted by Gasteiger charge is 2.38. The summed E-state index contributed by atoms with van der Waals surface area (Å²) in [5, 5.41) is 13.6. The summed E-state index contributed by atoms with van der Waals surface area (Å²) in [7, 11) is 0. The van der Waals surface area contributed by atoms with Crippen LogP contribution in [0, 0.1) is 11.8 Å². The van der Waals surface area contributed by atoms with Crippen LogP contribution in [0.4, 0.5) is 0 Å². The first kappa shape index (κ1) is 17.8. The van der Waals surface area contributed by atoms with Crippen molar-refractivity contribution in [3.05, 3.63) is 16.1 Å². The van der Waals surface area contributed by atoms with Crippen LogP contribution in [0.25, 0.3) is 0 Å². The van der Waals surface area contributed by atoms with Crippen LogP contribution in [-0.2, 0) is 16.1 Å². The molecule has 1 saturated heterocycles. The highest BCUT2D eigenvalue weighted by atomic mass is 32.1. The number of aromatic nitrogens is 1. The van der Waals surface area contributed by atoms with Gasteiger partial charge in [0.1, 0.15) is 5.01 Å². The van der Waals surface area contributed by atoms with Crippen molar-refractivity contribution in [1.82, 2.24) is 15.2 Å². The molecule has 8 heteroatoms. The Labute approximate surface area is 150 Å². The first-order valence-electron chi connectivity index (χ1n) is 8.69. The fraction of sp³-hybridized carbons (Fsp3) is 0.647. The van der Waals surface area contributed by atoms with Crippen molar-refractivity contribution in [2.45, 2.75) is 51.6 Å². The van der Waals surface area contributed by atoms with E-state index in [1.165, 1.54) is 16.7 Å². The van der Waals surface area contributed by atoms with Gasteiger partial charge in [0, 0.05) is 24.4 Å². The fourth-order valence-electron chi connectivity index (χ4n) is 3.61. The van der Waals surface area contributed by atoms with Crippen LogP contribution in [0.1, 0.15) is 54.5 Å². The number of carboxylic acids is 1. The second-order valence-corrected chi connectivity index (χ2v) is 7.95. The Hall–Kier alpha value is -1.96. The molecule has 2 fully saturated rings. The molecule has 0 radical (unpaired) electrons. The second kappa shape index (κ2) is 7.51. The number of carbonyl (C=O) groups excluding carboxylic acids is 2. The molecule has 1 aromatic rings. The summed E-state index contributed by atoms with van der Waals surface area (Å²) in [5.41, 5.74) is -0.0111.